The maximum Gasteiger partial charge on any atom is 0.311 e. The molecule has 0 aromatic carbocycles. The van der Waals surface area contributed by atoms with Crippen molar-refractivity contribution >= 4 is 11.9 Å². The van der Waals surface area contributed by atoms with E-state index in [1.165, 1.54) is 0 Å². The van der Waals surface area contributed by atoms with Crippen molar-refractivity contribution in [3.8, 4) is 0 Å². The third-order valence-corrected chi connectivity index (χ3v) is 2.67. The Hall–Kier alpha value is -1.58. The number of hydrogen-bond donors (Lipinski definition) is 0. The zero-order chi connectivity index (χ0) is 17.2. The molecule has 0 spiro atoms. The maximum atomic E-state index is 11.5. The predicted octanol–water partition coefficient (Wildman–Crippen LogP) is 4.06. The topological polar surface area (TPSA) is 52.6 Å². The van der Waals surface area contributed by atoms with Crippen molar-refractivity contribution in [3.05, 3.63) is 24.3 Å². The van der Waals surface area contributed by atoms with E-state index in [9.17, 15) is 9.59 Å². The monoisotopic (exact) mass is 310 g/mol. The number of rotatable bonds is 7. The molecule has 0 heterocycles. The van der Waals surface area contributed by atoms with Crippen LogP contribution in [0, 0.1) is 10.8 Å². The number of unbranched alkanes of at least 4 members (excludes halogenated alkanes) is 1. The molecule has 0 atom stereocenters. The average Bonchev–Trinajstić information content (AvgIpc) is 2.38. The van der Waals surface area contributed by atoms with Crippen molar-refractivity contribution < 1.29 is 19.1 Å². The van der Waals surface area contributed by atoms with Gasteiger partial charge >= 0.3 is 11.9 Å². The van der Waals surface area contributed by atoms with E-state index in [1.807, 2.05) is 59.8 Å². The summed E-state index contributed by atoms with van der Waals surface area (Å²) in [5, 5.41) is 0. The first kappa shape index (κ1) is 20.4. The summed E-state index contributed by atoms with van der Waals surface area (Å²) in [6, 6.07) is 0. The van der Waals surface area contributed by atoms with E-state index in [0.717, 1.165) is 12.8 Å². The van der Waals surface area contributed by atoms with Crippen LogP contribution < -0.4 is 0 Å². The summed E-state index contributed by atoms with van der Waals surface area (Å²) < 4.78 is 10.3. The van der Waals surface area contributed by atoms with E-state index in [1.54, 1.807) is 6.08 Å². The molecule has 0 bridgehead atoms. The van der Waals surface area contributed by atoms with Gasteiger partial charge in [0.1, 0.15) is 6.61 Å². The van der Waals surface area contributed by atoms with Crippen LogP contribution in [0.5, 0.6) is 0 Å². The lowest BCUT2D eigenvalue weighted by Gasteiger charge is -2.16. The Morgan fingerprint density at radius 3 is 1.86 bits per heavy atom. The molecule has 0 saturated carbocycles. The van der Waals surface area contributed by atoms with Gasteiger partial charge in [0, 0.05) is 0 Å². The van der Waals surface area contributed by atoms with Gasteiger partial charge in [-0.2, -0.15) is 0 Å². The van der Waals surface area contributed by atoms with Crippen molar-refractivity contribution in [3.63, 3.8) is 0 Å². The molecule has 0 aliphatic rings. The first-order chi connectivity index (χ1) is 10.0. The summed E-state index contributed by atoms with van der Waals surface area (Å²) >= 11 is 0. The predicted molar refractivity (Wildman–Crippen MR) is 88.3 cm³/mol. The SMILES string of the molecule is CC(C)(C)C(=O)OC/C=C\C=C\CCCOC(=O)C(C)(C)C. The van der Waals surface area contributed by atoms with Crippen LogP contribution in [0.25, 0.3) is 0 Å². The zero-order valence-electron chi connectivity index (χ0n) is 14.8. The highest BCUT2D eigenvalue weighted by atomic mass is 16.5. The Morgan fingerprint density at radius 1 is 0.818 bits per heavy atom. The minimum atomic E-state index is -0.464. The van der Waals surface area contributed by atoms with Crippen molar-refractivity contribution in [2.24, 2.45) is 10.8 Å². The molecule has 0 amide bonds. The molecule has 0 rings (SSSR count). The largest absolute Gasteiger partial charge is 0.465 e. The fraction of sp³-hybridized carbons (Fsp3) is 0.667. The summed E-state index contributed by atoms with van der Waals surface area (Å²) in [7, 11) is 0. The summed E-state index contributed by atoms with van der Waals surface area (Å²) in [5.41, 5.74) is -0.906. The van der Waals surface area contributed by atoms with Crippen molar-refractivity contribution in [1.82, 2.24) is 0 Å². The Kier molecular flexibility index (Phi) is 8.76. The van der Waals surface area contributed by atoms with E-state index >= 15 is 0 Å². The summed E-state index contributed by atoms with van der Waals surface area (Å²) in [6.07, 6.45) is 9.16. The number of carbonyl (C=O) groups is 2. The molecule has 0 aliphatic carbocycles. The summed E-state index contributed by atoms with van der Waals surface area (Å²) in [5.74, 6) is -0.376. The van der Waals surface area contributed by atoms with Gasteiger partial charge in [-0.3, -0.25) is 9.59 Å². The molecule has 4 nitrogen and oxygen atoms in total. The van der Waals surface area contributed by atoms with Crippen LogP contribution in [-0.2, 0) is 19.1 Å². The molecule has 0 aliphatic heterocycles. The van der Waals surface area contributed by atoms with E-state index in [0.29, 0.717) is 6.61 Å². The van der Waals surface area contributed by atoms with Gasteiger partial charge in [0.25, 0.3) is 0 Å². The Balaban J connectivity index is 3.70. The molecular formula is C18H30O4. The third-order valence-electron chi connectivity index (χ3n) is 2.67. The minimum Gasteiger partial charge on any atom is -0.465 e. The van der Waals surface area contributed by atoms with Crippen LogP contribution >= 0.6 is 0 Å². The van der Waals surface area contributed by atoms with Crippen molar-refractivity contribution in [2.75, 3.05) is 13.2 Å². The maximum absolute atomic E-state index is 11.5. The highest BCUT2D eigenvalue weighted by molar-refractivity contribution is 5.75. The van der Waals surface area contributed by atoms with Gasteiger partial charge in [-0.1, -0.05) is 18.2 Å². The number of carbonyl (C=O) groups excluding carboxylic acids is 2. The standard InChI is InChI=1S/C18H30O4/c1-17(2,3)15(19)21-13-11-9-7-8-10-12-14-22-16(20)18(4,5)6/h7-9,11H,10,12-14H2,1-6H3/b8-7+,11-9-. The van der Waals surface area contributed by atoms with Crippen molar-refractivity contribution in [2.45, 2.75) is 54.4 Å². The van der Waals surface area contributed by atoms with Gasteiger partial charge in [0.2, 0.25) is 0 Å². The second-order valence-electron chi connectivity index (χ2n) is 7.23. The van der Waals surface area contributed by atoms with Gasteiger partial charge < -0.3 is 9.47 Å². The first-order valence-corrected chi connectivity index (χ1v) is 7.71. The summed E-state index contributed by atoms with van der Waals surface area (Å²) in [4.78, 5) is 23.0. The molecule has 4 heteroatoms. The van der Waals surface area contributed by atoms with Crippen LogP contribution in [0.4, 0.5) is 0 Å². The van der Waals surface area contributed by atoms with Gasteiger partial charge in [-0.25, -0.2) is 0 Å². The second-order valence-corrected chi connectivity index (χ2v) is 7.23. The molecule has 126 valence electrons. The fourth-order valence-electron chi connectivity index (χ4n) is 1.23. The van der Waals surface area contributed by atoms with E-state index in [2.05, 4.69) is 0 Å². The Labute approximate surface area is 134 Å². The summed E-state index contributed by atoms with van der Waals surface area (Å²) in [6.45, 7) is 11.7. The molecule has 0 fully saturated rings. The molecule has 0 N–H and O–H groups in total. The molecule has 22 heavy (non-hydrogen) atoms. The number of ether oxygens (including phenoxy) is 2. The van der Waals surface area contributed by atoms with Gasteiger partial charge in [0.15, 0.2) is 0 Å². The average molecular weight is 310 g/mol. The van der Waals surface area contributed by atoms with Crippen LogP contribution in [0.15, 0.2) is 24.3 Å². The third kappa shape index (κ3) is 10.2. The van der Waals surface area contributed by atoms with Gasteiger partial charge in [-0.15, -0.1) is 0 Å². The molecule has 0 radical (unpaired) electrons. The number of esters is 2. The molecule has 0 saturated heterocycles. The van der Waals surface area contributed by atoms with E-state index in [-0.39, 0.29) is 18.5 Å². The first-order valence-electron chi connectivity index (χ1n) is 7.71. The minimum absolute atomic E-state index is 0.169. The number of allylic oxidation sites excluding steroid dienone is 3. The quantitative estimate of drug-likeness (QED) is 0.404. The van der Waals surface area contributed by atoms with E-state index in [4.69, 9.17) is 9.47 Å². The molecule has 0 unspecified atom stereocenters. The smallest absolute Gasteiger partial charge is 0.311 e. The highest BCUT2D eigenvalue weighted by Crippen LogP contribution is 2.15. The van der Waals surface area contributed by atoms with Crippen LogP contribution in [0.3, 0.4) is 0 Å². The lowest BCUT2D eigenvalue weighted by Crippen LogP contribution is -2.23. The molecule has 0 aromatic heterocycles. The van der Waals surface area contributed by atoms with Gasteiger partial charge in [-0.05, 0) is 60.5 Å². The Bertz CT molecular complexity index is 406. The van der Waals surface area contributed by atoms with Gasteiger partial charge in [0.05, 0.1) is 17.4 Å². The molecule has 0 aromatic rings. The van der Waals surface area contributed by atoms with E-state index < -0.39 is 10.8 Å². The molecular weight excluding hydrogens is 280 g/mol. The highest BCUT2D eigenvalue weighted by Gasteiger charge is 2.23. The lowest BCUT2D eigenvalue weighted by molar-refractivity contribution is -0.153. The number of hydrogen-bond acceptors (Lipinski definition) is 4. The fourth-order valence-corrected chi connectivity index (χ4v) is 1.23. The second kappa shape index (κ2) is 9.44. The normalized spacial score (nSPS) is 12.8. The van der Waals surface area contributed by atoms with Crippen LogP contribution in [0.1, 0.15) is 54.4 Å². The van der Waals surface area contributed by atoms with Crippen LogP contribution in [0.2, 0.25) is 0 Å². The zero-order valence-corrected chi connectivity index (χ0v) is 14.8. The van der Waals surface area contributed by atoms with Crippen molar-refractivity contribution in [1.29, 1.82) is 0 Å². The Morgan fingerprint density at radius 2 is 1.32 bits per heavy atom. The van der Waals surface area contributed by atoms with Crippen LogP contribution in [-0.4, -0.2) is 25.2 Å². The lowest BCUT2D eigenvalue weighted by atomic mass is 9.97.